The van der Waals surface area contributed by atoms with Crippen LogP contribution in [0.3, 0.4) is 0 Å². The lowest BCUT2D eigenvalue weighted by molar-refractivity contribution is -0.142. The molecule has 0 bridgehead atoms. The van der Waals surface area contributed by atoms with Gasteiger partial charge in [0.05, 0.1) is 36.2 Å². The molecule has 1 saturated heterocycles. The number of ether oxygens (including phenoxy) is 3. The second kappa shape index (κ2) is 11.1. The molecule has 1 N–H and O–H groups in total. The minimum absolute atomic E-state index is 0.0572. The summed E-state index contributed by atoms with van der Waals surface area (Å²) in [5, 5.41) is 14.9. The SMILES string of the molecule is COc1ccc(F)cc1[C@@H](Cn1nc(C(C)(C)C(=O)O)c(=O)c2c(C)c(-c3ncco3)sc21)OC1CCOCC1. The normalized spacial score (nSPS) is 15.4. The minimum atomic E-state index is -1.59. The van der Waals surface area contributed by atoms with Crippen LogP contribution in [-0.2, 0) is 26.2 Å². The van der Waals surface area contributed by atoms with Crippen molar-refractivity contribution in [3.63, 3.8) is 0 Å². The van der Waals surface area contributed by atoms with E-state index in [0.29, 0.717) is 63.9 Å². The van der Waals surface area contributed by atoms with Gasteiger partial charge in [0.25, 0.3) is 0 Å². The van der Waals surface area contributed by atoms with Crippen LogP contribution in [0.25, 0.3) is 21.0 Å². The van der Waals surface area contributed by atoms with Crippen molar-refractivity contribution < 1.29 is 32.9 Å². The molecule has 0 radical (unpaired) electrons. The number of aromatic nitrogens is 3. The number of benzene rings is 1. The van der Waals surface area contributed by atoms with Gasteiger partial charge in [-0.3, -0.25) is 14.3 Å². The Kier molecular flexibility index (Phi) is 7.76. The van der Waals surface area contributed by atoms with E-state index in [0.717, 1.165) is 0 Å². The Morgan fingerprint density at radius 1 is 1.32 bits per heavy atom. The van der Waals surface area contributed by atoms with Crippen LogP contribution in [0.5, 0.6) is 5.75 Å². The van der Waals surface area contributed by atoms with Gasteiger partial charge in [0, 0.05) is 18.8 Å². The van der Waals surface area contributed by atoms with Crippen molar-refractivity contribution in [3.8, 4) is 16.5 Å². The molecular weight excluding hydrogens is 541 g/mol. The van der Waals surface area contributed by atoms with Gasteiger partial charge in [-0.1, -0.05) is 0 Å². The minimum Gasteiger partial charge on any atom is -0.496 e. The van der Waals surface area contributed by atoms with E-state index in [1.807, 2.05) is 0 Å². The fraction of sp³-hybridized carbons (Fsp3) is 0.429. The van der Waals surface area contributed by atoms with Crippen molar-refractivity contribution in [2.75, 3.05) is 20.3 Å². The highest BCUT2D eigenvalue weighted by atomic mass is 32.1. The lowest BCUT2D eigenvalue weighted by Gasteiger charge is -2.29. The van der Waals surface area contributed by atoms with Gasteiger partial charge in [-0.05, 0) is 57.4 Å². The van der Waals surface area contributed by atoms with Crippen LogP contribution in [0.2, 0.25) is 0 Å². The summed E-state index contributed by atoms with van der Waals surface area (Å²) in [4.78, 5) is 31.3. The third-order valence-corrected chi connectivity index (χ3v) is 8.47. The zero-order valence-corrected chi connectivity index (χ0v) is 23.4. The Hall–Kier alpha value is -3.61. The third-order valence-electron chi connectivity index (χ3n) is 7.18. The summed E-state index contributed by atoms with van der Waals surface area (Å²) in [6, 6.07) is 4.21. The zero-order chi connectivity index (χ0) is 28.6. The first-order valence-corrected chi connectivity index (χ1v) is 13.7. The fourth-order valence-electron chi connectivity index (χ4n) is 4.82. The Morgan fingerprint density at radius 2 is 2.08 bits per heavy atom. The van der Waals surface area contributed by atoms with Crippen molar-refractivity contribution >= 4 is 27.5 Å². The Morgan fingerprint density at radius 3 is 2.73 bits per heavy atom. The number of fused-ring (bicyclic) bond motifs is 1. The number of carboxylic acids is 1. The highest BCUT2D eigenvalue weighted by molar-refractivity contribution is 7.22. The van der Waals surface area contributed by atoms with Crippen molar-refractivity contribution in [2.24, 2.45) is 0 Å². The van der Waals surface area contributed by atoms with Gasteiger partial charge in [-0.25, -0.2) is 9.37 Å². The van der Waals surface area contributed by atoms with E-state index in [4.69, 9.17) is 18.6 Å². The Labute approximate surface area is 233 Å². The molecule has 0 amide bonds. The summed E-state index contributed by atoms with van der Waals surface area (Å²) >= 11 is 1.26. The van der Waals surface area contributed by atoms with Crippen molar-refractivity contribution in [1.29, 1.82) is 0 Å². The average Bonchev–Trinajstić information content (AvgIpc) is 3.58. The molecule has 212 valence electrons. The number of aliphatic carboxylic acids is 1. The van der Waals surface area contributed by atoms with E-state index >= 15 is 0 Å². The van der Waals surface area contributed by atoms with E-state index in [9.17, 15) is 19.1 Å². The van der Waals surface area contributed by atoms with E-state index in [2.05, 4.69) is 10.1 Å². The summed E-state index contributed by atoms with van der Waals surface area (Å²) in [6.45, 7) is 5.79. The number of aryl methyl sites for hydroxylation is 1. The van der Waals surface area contributed by atoms with Crippen LogP contribution in [0.1, 0.15) is 49.6 Å². The van der Waals surface area contributed by atoms with Gasteiger partial charge in [-0.15, -0.1) is 11.3 Å². The highest BCUT2D eigenvalue weighted by Crippen LogP contribution is 2.38. The van der Waals surface area contributed by atoms with E-state index in [1.165, 1.54) is 63.0 Å². The number of rotatable bonds is 9. The number of oxazole rings is 1. The number of hydrogen-bond donors (Lipinski definition) is 1. The van der Waals surface area contributed by atoms with Crippen LogP contribution in [-0.4, -0.2) is 52.3 Å². The first kappa shape index (κ1) is 27.9. The average molecular weight is 572 g/mol. The predicted molar refractivity (Wildman–Crippen MR) is 145 cm³/mol. The van der Waals surface area contributed by atoms with Gasteiger partial charge in [0.15, 0.2) is 0 Å². The molecule has 0 unspecified atom stereocenters. The maximum Gasteiger partial charge on any atom is 0.315 e. The monoisotopic (exact) mass is 571 g/mol. The topological polar surface area (TPSA) is 126 Å². The predicted octanol–water partition coefficient (Wildman–Crippen LogP) is 4.87. The quantitative estimate of drug-likeness (QED) is 0.299. The standard InChI is InChI=1S/C28H30FN3O7S/c1-15-21-22(33)24(28(2,3)27(34)35)31-32(26(21)40-23(15)25-30-9-12-38-25)14-20(39-17-7-10-37-11-8-17)18-13-16(29)5-6-19(18)36-4/h5-6,9,12-13,17,20H,7-8,10-11,14H2,1-4H3,(H,34,35)/t20-/m1/s1. The van der Waals surface area contributed by atoms with Crippen molar-refractivity contribution in [2.45, 2.75) is 57.8 Å². The number of thiophene rings is 1. The summed E-state index contributed by atoms with van der Waals surface area (Å²) in [7, 11) is 1.50. The number of nitrogens with zero attached hydrogens (tertiary/aromatic N) is 3. The largest absolute Gasteiger partial charge is 0.496 e. The molecule has 1 fully saturated rings. The molecule has 1 atom stereocenters. The maximum absolute atomic E-state index is 14.5. The molecule has 10 nitrogen and oxygen atoms in total. The number of carboxylic acid groups (broad SMARTS) is 1. The highest BCUT2D eigenvalue weighted by Gasteiger charge is 2.37. The van der Waals surface area contributed by atoms with E-state index in [-0.39, 0.29) is 18.3 Å². The fourth-order valence-corrected chi connectivity index (χ4v) is 6.03. The Bertz CT molecular complexity index is 1590. The molecule has 0 aliphatic carbocycles. The summed E-state index contributed by atoms with van der Waals surface area (Å²) < 4.78 is 39.2. The number of carbonyl (C=O) groups is 1. The van der Waals surface area contributed by atoms with Crippen LogP contribution >= 0.6 is 11.3 Å². The lowest BCUT2D eigenvalue weighted by Crippen LogP contribution is -2.37. The molecule has 1 aliphatic rings. The summed E-state index contributed by atoms with van der Waals surface area (Å²) in [5.74, 6) is -0.874. The third kappa shape index (κ3) is 5.14. The second-order valence-electron chi connectivity index (χ2n) is 10.2. The maximum atomic E-state index is 14.5. The van der Waals surface area contributed by atoms with Crippen LogP contribution in [0.15, 0.2) is 39.9 Å². The van der Waals surface area contributed by atoms with Crippen LogP contribution < -0.4 is 10.2 Å². The first-order valence-electron chi connectivity index (χ1n) is 12.9. The zero-order valence-electron chi connectivity index (χ0n) is 22.6. The molecule has 3 aromatic heterocycles. The summed E-state index contributed by atoms with van der Waals surface area (Å²) in [6.07, 6.45) is 3.37. The van der Waals surface area contributed by atoms with Gasteiger partial charge in [0.2, 0.25) is 11.3 Å². The van der Waals surface area contributed by atoms with Gasteiger partial charge >= 0.3 is 5.97 Å². The molecule has 1 aliphatic heterocycles. The number of hydrogen-bond acceptors (Lipinski definition) is 9. The molecular formula is C28H30FN3O7S. The second-order valence-corrected chi connectivity index (χ2v) is 11.2. The van der Waals surface area contributed by atoms with E-state index in [1.54, 1.807) is 11.6 Å². The number of halogens is 1. The Balaban J connectivity index is 1.72. The lowest BCUT2D eigenvalue weighted by atomic mass is 9.88. The van der Waals surface area contributed by atoms with Gasteiger partial charge in [-0.2, -0.15) is 5.10 Å². The first-order chi connectivity index (χ1) is 19.1. The molecule has 1 aromatic carbocycles. The molecule has 4 heterocycles. The molecule has 0 saturated carbocycles. The van der Waals surface area contributed by atoms with Crippen LogP contribution in [0.4, 0.5) is 4.39 Å². The van der Waals surface area contributed by atoms with E-state index < -0.39 is 28.7 Å². The molecule has 40 heavy (non-hydrogen) atoms. The number of methoxy groups -OCH3 is 1. The smallest absolute Gasteiger partial charge is 0.315 e. The summed E-state index contributed by atoms with van der Waals surface area (Å²) in [5.41, 5.74) is -1.10. The van der Waals surface area contributed by atoms with Crippen molar-refractivity contribution in [1.82, 2.24) is 14.8 Å². The van der Waals surface area contributed by atoms with Gasteiger partial charge < -0.3 is 23.7 Å². The van der Waals surface area contributed by atoms with Gasteiger partial charge in [0.1, 0.15) is 39.9 Å². The molecule has 5 rings (SSSR count). The molecule has 12 heteroatoms. The van der Waals surface area contributed by atoms with Crippen molar-refractivity contribution in [3.05, 3.63) is 63.5 Å². The molecule has 0 spiro atoms. The molecule has 4 aromatic rings. The van der Waals surface area contributed by atoms with Crippen LogP contribution in [0, 0.1) is 12.7 Å².